The van der Waals surface area contributed by atoms with E-state index in [4.69, 9.17) is 0 Å². The van der Waals surface area contributed by atoms with E-state index in [1.807, 2.05) is 104 Å². The minimum Gasteiger partial charge on any atom is -0.395 e. The Morgan fingerprint density at radius 1 is 1.03 bits per heavy atom. The lowest BCUT2D eigenvalue weighted by Crippen LogP contribution is -2.44. The van der Waals surface area contributed by atoms with Crippen LogP contribution < -0.4 is 4.90 Å². The van der Waals surface area contributed by atoms with E-state index in [1.54, 1.807) is 9.58 Å². The molecule has 1 amide bonds. The van der Waals surface area contributed by atoms with Gasteiger partial charge in [-0.25, -0.2) is 0 Å². The summed E-state index contributed by atoms with van der Waals surface area (Å²) in [6, 6.07) is 25.3. The molecule has 8 heteroatoms. The number of fused-ring (bicyclic) bond motifs is 1. The van der Waals surface area contributed by atoms with Crippen molar-refractivity contribution in [2.75, 3.05) is 11.5 Å². The summed E-state index contributed by atoms with van der Waals surface area (Å²) < 4.78 is 2.88. The molecular weight excluding hydrogens is 603 g/mol. The summed E-state index contributed by atoms with van der Waals surface area (Å²) in [5.41, 5.74) is 2.46. The number of rotatable bonds is 10. The maximum Gasteiger partial charge on any atom is 0.264 e. The molecule has 39 heavy (non-hydrogen) atoms. The van der Waals surface area contributed by atoms with Crippen molar-refractivity contribution in [2.45, 2.75) is 38.0 Å². The Morgan fingerprint density at radius 2 is 1.74 bits per heavy atom. The predicted molar refractivity (Wildman–Crippen MR) is 159 cm³/mol. The van der Waals surface area contributed by atoms with Crippen molar-refractivity contribution < 1.29 is 15.0 Å². The van der Waals surface area contributed by atoms with Crippen molar-refractivity contribution in [3.05, 3.63) is 123 Å². The summed E-state index contributed by atoms with van der Waals surface area (Å²) in [5.74, 6) is -0.965. The zero-order valence-electron chi connectivity index (χ0n) is 21.7. The molecular formula is C31H31IN4O3. The van der Waals surface area contributed by atoms with Gasteiger partial charge in [-0.2, -0.15) is 0 Å². The van der Waals surface area contributed by atoms with Crippen LogP contribution in [-0.4, -0.2) is 37.7 Å². The van der Waals surface area contributed by atoms with Crippen molar-refractivity contribution in [3.63, 3.8) is 0 Å². The number of halogens is 1. The number of aromatic nitrogens is 3. The van der Waals surface area contributed by atoms with Crippen LogP contribution in [0.2, 0.25) is 0 Å². The van der Waals surface area contributed by atoms with Crippen LogP contribution >= 0.6 is 22.6 Å². The highest BCUT2D eigenvalue weighted by Gasteiger charge is 2.52. The van der Waals surface area contributed by atoms with Crippen LogP contribution in [-0.2, 0) is 23.5 Å². The van der Waals surface area contributed by atoms with Crippen molar-refractivity contribution in [1.29, 1.82) is 0 Å². The predicted octanol–water partition coefficient (Wildman–Crippen LogP) is 5.02. The van der Waals surface area contributed by atoms with Gasteiger partial charge in [0.15, 0.2) is 5.60 Å². The molecule has 0 radical (unpaired) electrons. The fraction of sp³-hybridized carbons (Fsp3) is 0.258. The monoisotopic (exact) mass is 634 g/mol. The number of aryl methyl sites for hydroxylation is 1. The van der Waals surface area contributed by atoms with E-state index in [1.165, 1.54) is 0 Å². The lowest BCUT2D eigenvalue weighted by molar-refractivity contribution is -0.139. The van der Waals surface area contributed by atoms with Crippen molar-refractivity contribution >= 4 is 34.2 Å². The molecule has 0 saturated carbocycles. The molecule has 1 aliphatic rings. The third-order valence-corrected chi connectivity index (χ3v) is 8.06. The van der Waals surface area contributed by atoms with E-state index >= 15 is 0 Å². The highest BCUT2D eigenvalue weighted by atomic mass is 127. The number of benzene rings is 3. The molecule has 5 rings (SSSR count). The van der Waals surface area contributed by atoms with Gasteiger partial charge in [-0.3, -0.25) is 9.48 Å². The number of nitrogens with zero attached hydrogens (tertiary/aromatic N) is 4. The van der Waals surface area contributed by atoms with Gasteiger partial charge in [0.05, 0.1) is 30.5 Å². The number of carbonyl (C=O) groups is 1. The van der Waals surface area contributed by atoms with Gasteiger partial charge in [0.1, 0.15) is 0 Å². The summed E-state index contributed by atoms with van der Waals surface area (Å²) in [7, 11) is 0. The van der Waals surface area contributed by atoms with E-state index in [0.29, 0.717) is 25.1 Å². The number of hydrogen-bond acceptors (Lipinski definition) is 5. The second-order valence-corrected chi connectivity index (χ2v) is 11.1. The summed E-state index contributed by atoms with van der Waals surface area (Å²) >= 11 is 2.26. The number of para-hydroxylation sites is 1. The first kappa shape index (κ1) is 27.2. The Hall–Kier alpha value is -3.34. The molecule has 7 nitrogen and oxygen atoms in total. The molecule has 0 spiro atoms. The van der Waals surface area contributed by atoms with Crippen LogP contribution in [0.15, 0.2) is 97.2 Å². The summed E-state index contributed by atoms with van der Waals surface area (Å²) in [6.07, 6.45) is 6.39. The molecule has 3 aromatic carbocycles. The summed E-state index contributed by atoms with van der Waals surface area (Å²) in [6.45, 7) is 2.82. The zero-order valence-corrected chi connectivity index (χ0v) is 23.8. The fourth-order valence-electron chi connectivity index (χ4n) is 5.11. The van der Waals surface area contributed by atoms with Crippen LogP contribution in [0.3, 0.4) is 0 Å². The first-order valence-corrected chi connectivity index (χ1v) is 14.1. The minimum atomic E-state index is -1.64. The van der Waals surface area contributed by atoms with Gasteiger partial charge in [0.2, 0.25) is 0 Å². The summed E-state index contributed by atoms with van der Waals surface area (Å²) in [4.78, 5) is 15.3. The molecule has 1 aromatic heterocycles. The number of aliphatic hydroxyl groups excluding tert-OH is 1. The number of carbonyl (C=O) groups excluding carboxylic acids is 1. The topological polar surface area (TPSA) is 91.5 Å². The Morgan fingerprint density at radius 3 is 2.49 bits per heavy atom. The first-order chi connectivity index (χ1) is 18.9. The third-order valence-electron chi connectivity index (χ3n) is 7.34. The molecule has 0 saturated heterocycles. The van der Waals surface area contributed by atoms with Gasteiger partial charge >= 0.3 is 0 Å². The number of anilines is 1. The van der Waals surface area contributed by atoms with Crippen LogP contribution in [0.1, 0.15) is 41.6 Å². The van der Waals surface area contributed by atoms with E-state index in [9.17, 15) is 15.0 Å². The maximum atomic E-state index is 13.7. The molecule has 0 bridgehead atoms. The molecule has 3 atom stereocenters. The van der Waals surface area contributed by atoms with Crippen molar-refractivity contribution in [2.24, 2.45) is 5.92 Å². The van der Waals surface area contributed by atoms with Gasteiger partial charge in [0, 0.05) is 27.8 Å². The molecule has 4 aromatic rings. The summed E-state index contributed by atoms with van der Waals surface area (Å²) in [5, 5.41) is 30.2. The molecule has 0 fully saturated rings. The number of amides is 1. The Labute approximate surface area is 241 Å². The van der Waals surface area contributed by atoms with Gasteiger partial charge in [-0.1, -0.05) is 85.0 Å². The zero-order chi connectivity index (χ0) is 27.4. The van der Waals surface area contributed by atoms with E-state index < -0.39 is 11.5 Å². The van der Waals surface area contributed by atoms with Crippen LogP contribution in [0.4, 0.5) is 5.69 Å². The SMILES string of the molecule is C[C@H](/C=C/CCn1cc(C(CO)c2ccccc2)nn1)[C@@]1(O)C(=O)N(Cc2ccc(I)cc2)c2ccccc21. The van der Waals surface area contributed by atoms with E-state index in [2.05, 4.69) is 32.9 Å². The highest BCUT2D eigenvalue weighted by molar-refractivity contribution is 14.1. The fourth-order valence-corrected chi connectivity index (χ4v) is 5.47. The van der Waals surface area contributed by atoms with Crippen LogP contribution in [0, 0.1) is 9.49 Å². The van der Waals surface area contributed by atoms with Gasteiger partial charge in [0.25, 0.3) is 5.91 Å². The third kappa shape index (κ3) is 5.54. The number of allylic oxidation sites excluding steroid dienone is 1. The standard InChI is InChI=1S/C31H31IN4O3/c1-22(9-7-8-18-35-20-28(33-34-35)26(21-37)24-10-3-2-4-11-24)31(39)27-12-5-6-13-29(27)36(30(31)38)19-23-14-16-25(32)17-15-23/h2-7,9-17,20,22,26,37,39H,8,18-19,21H2,1H3/b9-7+/t22-,26?,31+/m1/s1. The van der Waals surface area contributed by atoms with Gasteiger partial charge < -0.3 is 15.1 Å². The quantitative estimate of drug-likeness (QED) is 0.189. The maximum absolute atomic E-state index is 13.7. The lowest BCUT2D eigenvalue weighted by atomic mass is 9.83. The average molecular weight is 635 g/mol. The number of aliphatic hydroxyl groups is 2. The minimum absolute atomic E-state index is 0.0468. The van der Waals surface area contributed by atoms with Crippen molar-refractivity contribution in [3.8, 4) is 0 Å². The molecule has 1 aliphatic heterocycles. The Kier molecular flexibility index (Phi) is 8.25. The number of hydrogen-bond donors (Lipinski definition) is 2. The molecule has 200 valence electrons. The largest absolute Gasteiger partial charge is 0.395 e. The van der Waals surface area contributed by atoms with Crippen LogP contribution in [0.5, 0.6) is 0 Å². The van der Waals surface area contributed by atoms with Gasteiger partial charge in [-0.15, -0.1) is 5.10 Å². The Bertz CT molecular complexity index is 1450. The Balaban J connectivity index is 1.26. The smallest absolute Gasteiger partial charge is 0.264 e. The molecule has 2 N–H and O–H groups in total. The van der Waals surface area contributed by atoms with Crippen LogP contribution in [0.25, 0.3) is 0 Å². The van der Waals surface area contributed by atoms with E-state index in [0.717, 1.165) is 26.1 Å². The van der Waals surface area contributed by atoms with E-state index in [-0.39, 0.29) is 18.4 Å². The second-order valence-electron chi connectivity index (χ2n) is 9.86. The van der Waals surface area contributed by atoms with Crippen molar-refractivity contribution in [1.82, 2.24) is 15.0 Å². The normalized spacial score (nSPS) is 18.5. The molecule has 2 heterocycles. The average Bonchev–Trinajstić information content (AvgIpc) is 3.51. The highest BCUT2D eigenvalue weighted by Crippen LogP contribution is 2.45. The molecule has 0 aliphatic carbocycles. The first-order valence-electron chi connectivity index (χ1n) is 13.0. The molecule has 1 unspecified atom stereocenters. The van der Waals surface area contributed by atoms with Gasteiger partial charge in [-0.05, 0) is 58.3 Å². The lowest BCUT2D eigenvalue weighted by Gasteiger charge is -2.27. The second kappa shape index (κ2) is 11.8.